The number of nitriles is 1. The SMILES string of the molecule is CC(C)(C)CCN(OC1CCCCC1)C(=O)CCCCCCN=CNC#N. The summed E-state index contributed by atoms with van der Waals surface area (Å²) in [5.74, 6) is 0.126. The molecule has 0 bridgehead atoms. The average Bonchev–Trinajstić information content (AvgIpc) is 2.63. The number of rotatable bonds is 12. The van der Waals surface area contributed by atoms with E-state index in [0.29, 0.717) is 19.5 Å². The molecule has 0 radical (unpaired) electrons. The summed E-state index contributed by atoms with van der Waals surface area (Å²) >= 11 is 0. The summed E-state index contributed by atoms with van der Waals surface area (Å²) < 4.78 is 0. The largest absolute Gasteiger partial charge is 0.283 e. The van der Waals surface area contributed by atoms with Crippen LogP contribution < -0.4 is 5.32 Å². The third-order valence-corrected chi connectivity index (χ3v) is 4.82. The Balaban J connectivity index is 2.31. The van der Waals surface area contributed by atoms with Crippen molar-refractivity contribution in [2.45, 2.75) is 97.5 Å². The lowest BCUT2D eigenvalue weighted by molar-refractivity contribution is -0.212. The van der Waals surface area contributed by atoms with Gasteiger partial charge < -0.3 is 0 Å². The van der Waals surface area contributed by atoms with Crippen LogP contribution in [-0.2, 0) is 9.63 Å². The maximum atomic E-state index is 12.7. The normalized spacial score (nSPS) is 15.6. The van der Waals surface area contributed by atoms with Crippen LogP contribution in [0.2, 0.25) is 0 Å². The predicted molar refractivity (Wildman–Crippen MR) is 109 cm³/mol. The van der Waals surface area contributed by atoms with Gasteiger partial charge in [0.25, 0.3) is 0 Å². The summed E-state index contributed by atoms with van der Waals surface area (Å²) in [5.41, 5.74) is 0.190. The highest BCUT2D eigenvalue weighted by atomic mass is 16.7. The fraction of sp³-hybridized carbons (Fsp3) is 0.857. The second-order valence-corrected chi connectivity index (χ2v) is 8.63. The number of aliphatic imine (C=N–C) groups is 1. The molecular weight excluding hydrogens is 340 g/mol. The Bertz CT molecular complexity index is 474. The number of nitrogens with one attached hydrogen (secondary N) is 1. The lowest BCUT2D eigenvalue weighted by Crippen LogP contribution is -2.38. The molecule has 0 unspecified atom stereocenters. The highest BCUT2D eigenvalue weighted by molar-refractivity contribution is 5.75. The third-order valence-electron chi connectivity index (χ3n) is 4.82. The number of carbonyl (C=O) groups excluding carboxylic acids is 1. The third kappa shape index (κ3) is 12.4. The van der Waals surface area contributed by atoms with Gasteiger partial charge in [-0.3, -0.25) is 19.9 Å². The Morgan fingerprint density at radius 3 is 2.59 bits per heavy atom. The minimum absolute atomic E-state index is 0.126. The molecule has 1 amide bonds. The van der Waals surface area contributed by atoms with Gasteiger partial charge in [0.2, 0.25) is 5.91 Å². The van der Waals surface area contributed by atoms with Gasteiger partial charge >= 0.3 is 0 Å². The fourth-order valence-electron chi connectivity index (χ4n) is 3.12. The van der Waals surface area contributed by atoms with Crippen molar-refractivity contribution in [2.75, 3.05) is 13.1 Å². The molecule has 6 nitrogen and oxygen atoms in total. The lowest BCUT2D eigenvalue weighted by Gasteiger charge is -2.31. The molecule has 1 aliphatic rings. The van der Waals surface area contributed by atoms with Crippen molar-refractivity contribution in [3.8, 4) is 6.19 Å². The molecule has 1 N–H and O–H groups in total. The molecule has 0 aromatic heterocycles. The minimum Gasteiger partial charge on any atom is -0.283 e. The second-order valence-electron chi connectivity index (χ2n) is 8.63. The molecule has 0 saturated heterocycles. The fourth-order valence-corrected chi connectivity index (χ4v) is 3.12. The van der Waals surface area contributed by atoms with Crippen molar-refractivity contribution in [1.29, 1.82) is 5.26 Å². The van der Waals surface area contributed by atoms with Crippen molar-refractivity contribution in [3.63, 3.8) is 0 Å². The Labute approximate surface area is 165 Å². The van der Waals surface area contributed by atoms with Crippen molar-refractivity contribution in [1.82, 2.24) is 10.4 Å². The second kappa shape index (κ2) is 13.5. The Morgan fingerprint density at radius 1 is 1.22 bits per heavy atom. The van der Waals surface area contributed by atoms with Crippen molar-refractivity contribution in [3.05, 3.63) is 0 Å². The summed E-state index contributed by atoms with van der Waals surface area (Å²) in [7, 11) is 0. The van der Waals surface area contributed by atoms with Gasteiger partial charge in [-0.15, -0.1) is 0 Å². The van der Waals surface area contributed by atoms with Gasteiger partial charge in [0.15, 0.2) is 6.19 Å². The zero-order valence-electron chi connectivity index (χ0n) is 17.5. The van der Waals surface area contributed by atoms with Crippen molar-refractivity contribution >= 4 is 12.2 Å². The van der Waals surface area contributed by atoms with E-state index in [-0.39, 0.29) is 17.4 Å². The smallest absolute Gasteiger partial charge is 0.246 e. The van der Waals surface area contributed by atoms with E-state index >= 15 is 0 Å². The van der Waals surface area contributed by atoms with E-state index in [0.717, 1.165) is 44.9 Å². The van der Waals surface area contributed by atoms with Gasteiger partial charge in [0, 0.05) is 19.5 Å². The van der Waals surface area contributed by atoms with Gasteiger partial charge in [0.05, 0.1) is 12.4 Å². The van der Waals surface area contributed by atoms with Gasteiger partial charge in [-0.05, 0) is 37.5 Å². The van der Waals surface area contributed by atoms with Crippen LogP contribution in [0.15, 0.2) is 4.99 Å². The Morgan fingerprint density at radius 2 is 1.93 bits per heavy atom. The van der Waals surface area contributed by atoms with Crippen LogP contribution >= 0.6 is 0 Å². The molecule has 154 valence electrons. The zero-order valence-corrected chi connectivity index (χ0v) is 17.5. The van der Waals surface area contributed by atoms with Crippen LogP contribution in [0.1, 0.15) is 91.4 Å². The van der Waals surface area contributed by atoms with Crippen LogP contribution in [0.3, 0.4) is 0 Å². The molecule has 0 atom stereocenters. The number of hydrogen-bond acceptors (Lipinski definition) is 4. The first-order valence-electron chi connectivity index (χ1n) is 10.5. The van der Waals surface area contributed by atoms with E-state index < -0.39 is 0 Å². The summed E-state index contributed by atoms with van der Waals surface area (Å²) in [6.45, 7) is 7.99. The summed E-state index contributed by atoms with van der Waals surface area (Å²) in [4.78, 5) is 22.9. The number of hydroxylamine groups is 2. The zero-order chi connectivity index (χ0) is 20.0. The molecule has 1 rings (SSSR count). The van der Waals surface area contributed by atoms with Crippen molar-refractivity contribution < 1.29 is 9.63 Å². The van der Waals surface area contributed by atoms with Gasteiger partial charge in [-0.2, -0.15) is 5.26 Å². The first-order valence-corrected chi connectivity index (χ1v) is 10.5. The molecule has 6 heteroatoms. The van der Waals surface area contributed by atoms with Crippen LogP contribution in [0.4, 0.5) is 0 Å². The summed E-state index contributed by atoms with van der Waals surface area (Å²) in [6, 6.07) is 0. The van der Waals surface area contributed by atoms with E-state index in [4.69, 9.17) is 10.1 Å². The number of hydrogen-bond donors (Lipinski definition) is 1. The van der Waals surface area contributed by atoms with Crippen LogP contribution in [0, 0.1) is 16.9 Å². The Kier molecular flexibility index (Phi) is 11.8. The van der Waals surface area contributed by atoms with Gasteiger partial charge in [0.1, 0.15) is 0 Å². The van der Waals surface area contributed by atoms with E-state index in [1.165, 1.54) is 25.6 Å². The molecule has 0 spiro atoms. The maximum absolute atomic E-state index is 12.7. The molecule has 1 saturated carbocycles. The minimum atomic E-state index is 0.126. The van der Waals surface area contributed by atoms with Gasteiger partial charge in [-0.1, -0.05) is 52.9 Å². The first kappa shape index (κ1) is 23.4. The molecular formula is C21H38N4O2. The van der Waals surface area contributed by atoms with E-state index in [9.17, 15) is 4.79 Å². The number of carbonyl (C=O) groups is 1. The monoisotopic (exact) mass is 378 g/mol. The average molecular weight is 379 g/mol. The predicted octanol–water partition coefficient (Wildman–Crippen LogP) is 4.56. The number of nitrogens with zero attached hydrogens (tertiary/aromatic N) is 3. The maximum Gasteiger partial charge on any atom is 0.246 e. The van der Waals surface area contributed by atoms with E-state index in [1.807, 2.05) is 0 Å². The highest BCUT2D eigenvalue weighted by Crippen LogP contribution is 2.24. The van der Waals surface area contributed by atoms with Crippen LogP contribution in [0.5, 0.6) is 0 Å². The number of unbranched alkanes of at least 4 members (excludes halogenated alkanes) is 3. The standard InChI is InChI=1S/C21H38N4O2/c1-21(2,3)14-16-25(27-19-11-7-6-8-12-19)20(26)13-9-4-5-10-15-23-18-24-17-22/h18-19H,4-16H2,1-3H3,(H,23,24). The summed E-state index contributed by atoms with van der Waals surface area (Å²) in [6.07, 6.45) is 14.7. The van der Waals surface area contributed by atoms with E-state index in [2.05, 4.69) is 31.1 Å². The molecule has 1 aliphatic carbocycles. The Hall–Kier alpha value is -1.61. The summed E-state index contributed by atoms with van der Waals surface area (Å²) in [5, 5.41) is 12.4. The van der Waals surface area contributed by atoms with E-state index in [1.54, 1.807) is 11.3 Å². The molecule has 0 heterocycles. The van der Waals surface area contributed by atoms with Crippen LogP contribution in [0.25, 0.3) is 0 Å². The first-order chi connectivity index (χ1) is 12.9. The van der Waals surface area contributed by atoms with Crippen LogP contribution in [-0.4, -0.2) is 36.5 Å². The molecule has 0 aromatic rings. The lowest BCUT2D eigenvalue weighted by atomic mass is 9.92. The number of amides is 1. The molecule has 1 fully saturated rings. The molecule has 0 aliphatic heterocycles. The molecule has 0 aromatic carbocycles. The topological polar surface area (TPSA) is 77.7 Å². The van der Waals surface area contributed by atoms with Crippen molar-refractivity contribution in [2.24, 2.45) is 10.4 Å². The molecule has 27 heavy (non-hydrogen) atoms. The highest BCUT2D eigenvalue weighted by Gasteiger charge is 2.23. The van der Waals surface area contributed by atoms with Gasteiger partial charge in [-0.25, -0.2) is 5.06 Å². The quantitative estimate of drug-likeness (QED) is 0.135.